The van der Waals surface area contributed by atoms with Crippen LogP contribution >= 0.6 is 0 Å². The lowest BCUT2D eigenvalue weighted by molar-refractivity contribution is -0.119. The first-order valence-electron chi connectivity index (χ1n) is 12.0. The highest BCUT2D eigenvalue weighted by molar-refractivity contribution is 5.79. The molecule has 0 spiro atoms. The van der Waals surface area contributed by atoms with E-state index in [-0.39, 0.29) is 12.5 Å². The van der Waals surface area contributed by atoms with Gasteiger partial charge in [0.25, 0.3) is 5.91 Å². The van der Waals surface area contributed by atoms with Crippen molar-refractivity contribution < 1.29 is 13.9 Å². The number of oxazole rings is 1. The normalized spacial score (nSPS) is 15.4. The third kappa shape index (κ3) is 5.35. The number of benzene rings is 3. The van der Waals surface area contributed by atoms with Gasteiger partial charge in [-0.15, -0.1) is 0 Å². The molecule has 0 bridgehead atoms. The third-order valence-corrected chi connectivity index (χ3v) is 6.28. The predicted octanol–water partition coefficient (Wildman–Crippen LogP) is 6.30. The van der Waals surface area contributed by atoms with Crippen LogP contribution in [0.15, 0.2) is 95.4 Å². The van der Waals surface area contributed by atoms with Crippen LogP contribution in [0.5, 0.6) is 5.75 Å². The zero-order valence-electron chi connectivity index (χ0n) is 19.5. The van der Waals surface area contributed by atoms with Crippen LogP contribution in [0.2, 0.25) is 0 Å². The predicted molar refractivity (Wildman–Crippen MR) is 138 cm³/mol. The summed E-state index contributed by atoms with van der Waals surface area (Å²) >= 11 is 0. The molecule has 176 valence electrons. The van der Waals surface area contributed by atoms with E-state index in [4.69, 9.17) is 19.9 Å². The van der Waals surface area contributed by atoms with Crippen molar-refractivity contribution in [2.75, 3.05) is 6.61 Å². The molecule has 5 rings (SSSR count). The average Bonchev–Trinajstić information content (AvgIpc) is 3.34. The number of rotatable bonds is 8. The van der Waals surface area contributed by atoms with Crippen molar-refractivity contribution >= 4 is 11.5 Å². The number of ether oxygens (including phenoxy) is 1. The van der Waals surface area contributed by atoms with Gasteiger partial charge < -0.3 is 14.9 Å². The van der Waals surface area contributed by atoms with Crippen LogP contribution in [0.25, 0.3) is 28.2 Å². The van der Waals surface area contributed by atoms with E-state index in [1.54, 1.807) is 0 Å². The lowest BCUT2D eigenvalue weighted by Gasteiger charge is -2.22. The Kier molecular flexibility index (Phi) is 6.75. The molecule has 5 nitrogen and oxygen atoms in total. The molecule has 1 aromatic heterocycles. The van der Waals surface area contributed by atoms with Gasteiger partial charge in [-0.2, -0.15) is 0 Å². The molecule has 3 aromatic carbocycles. The first-order chi connectivity index (χ1) is 17.2. The molecule has 4 aromatic rings. The Morgan fingerprint density at radius 3 is 2.46 bits per heavy atom. The van der Waals surface area contributed by atoms with Crippen molar-refractivity contribution in [1.82, 2.24) is 4.98 Å². The fraction of sp³-hybridized carbons (Fsp3) is 0.200. The molecule has 1 heterocycles. The topological polar surface area (TPSA) is 78.4 Å². The summed E-state index contributed by atoms with van der Waals surface area (Å²) in [4.78, 5) is 16.1. The van der Waals surface area contributed by atoms with Crippen LogP contribution in [0.3, 0.4) is 0 Å². The summed E-state index contributed by atoms with van der Waals surface area (Å²) in [5, 5.41) is 0. The van der Waals surface area contributed by atoms with Gasteiger partial charge in [0.1, 0.15) is 11.4 Å². The Bertz CT molecular complexity index is 1270. The Hall–Kier alpha value is -4.12. The average molecular weight is 465 g/mol. The van der Waals surface area contributed by atoms with Gasteiger partial charge in [-0.25, -0.2) is 4.98 Å². The molecule has 0 aliphatic heterocycles. The molecule has 1 aliphatic rings. The lowest BCUT2D eigenvalue weighted by Crippen LogP contribution is -2.20. The van der Waals surface area contributed by atoms with E-state index in [2.05, 4.69) is 36.4 Å². The van der Waals surface area contributed by atoms with Crippen molar-refractivity contribution in [3.05, 3.63) is 102 Å². The summed E-state index contributed by atoms with van der Waals surface area (Å²) in [5.74, 6) is 1.92. The third-order valence-electron chi connectivity index (χ3n) is 6.28. The zero-order valence-corrected chi connectivity index (χ0v) is 19.5. The summed E-state index contributed by atoms with van der Waals surface area (Å²) in [6.07, 6.45) is 6.31. The standard InChI is InChI=1S/C30H28N2O3/c31-27(33)20-34-25-16-9-10-21(19-25)18-24-15-7-8-17-26(24)30-32-28(22-11-3-1-4-12-22)29(35-30)23-13-5-2-6-14-23/h1-6,9-14,16-17,19,24H,7-8,15,18,20H2,(H2,31,33)/t24-/m0/s1. The van der Waals surface area contributed by atoms with Crippen LogP contribution in [0.4, 0.5) is 0 Å². The van der Waals surface area contributed by atoms with Crippen LogP contribution in [-0.2, 0) is 11.2 Å². The van der Waals surface area contributed by atoms with E-state index in [0.29, 0.717) is 11.6 Å². The smallest absolute Gasteiger partial charge is 0.255 e. The number of hydrogen-bond donors (Lipinski definition) is 1. The van der Waals surface area contributed by atoms with Crippen molar-refractivity contribution in [1.29, 1.82) is 0 Å². The zero-order chi connectivity index (χ0) is 24.0. The maximum absolute atomic E-state index is 11.1. The first kappa shape index (κ1) is 22.7. The van der Waals surface area contributed by atoms with Gasteiger partial charge in [-0.05, 0) is 49.3 Å². The van der Waals surface area contributed by atoms with Gasteiger partial charge >= 0.3 is 0 Å². The maximum Gasteiger partial charge on any atom is 0.255 e. The molecular formula is C30H28N2O3. The Balaban J connectivity index is 1.47. The molecule has 35 heavy (non-hydrogen) atoms. The van der Waals surface area contributed by atoms with Gasteiger partial charge in [-0.3, -0.25) is 4.79 Å². The van der Waals surface area contributed by atoms with Gasteiger partial charge in [-0.1, -0.05) is 78.9 Å². The molecule has 0 saturated heterocycles. The number of nitrogens with zero attached hydrogens (tertiary/aromatic N) is 1. The maximum atomic E-state index is 11.1. The monoisotopic (exact) mass is 464 g/mol. The quantitative estimate of drug-likeness (QED) is 0.332. The van der Waals surface area contributed by atoms with Crippen molar-refractivity contribution in [3.8, 4) is 28.3 Å². The largest absolute Gasteiger partial charge is 0.484 e. The van der Waals surface area contributed by atoms with Crippen molar-refractivity contribution in [2.24, 2.45) is 11.7 Å². The van der Waals surface area contributed by atoms with E-state index in [0.717, 1.165) is 59.4 Å². The van der Waals surface area contributed by atoms with E-state index >= 15 is 0 Å². The van der Waals surface area contributed by atoms with Crippen molar-refractivity contribution in [3.63, 3.8) is 0 Å². The first-order valence-corrected chi connectivity index (χ1v) is 12.0. The Labute approximate surface area is 205 Å². The number of primary amides is 1. The van der Waals surface area contributed by atoms with Gasteiger partial charge in [0, 0.05) is 16.7 Å². The van der Waals surface area contributed by atoms with E-state index in [1.807, 2.05) is 54.6 Å². The van der Waals surface area contributed by atoms with Crippen LogP contribution in [0.1, 0.15) is 30.7 Å². The highest BCUT2D eigenvalue weighted by atomic mass is 16.5. The molecule has 1 aliphatic carbocycles. The Morgan fingerprint density at radius 2 is 1.71 bits per heavy atom. The van der Waals surface area contributed by atoms with Crippen LogP contribution in [0, 0.1) is 5.92 Å². The number of aromatic nitrogens is 1. The summed E-state index contributed by atoms with van der Waals surface area (Å²) in [6, 6.07) is 28.2. The highest BCUT2D eigenvalue weighted by Gasteiger charge is 2.26. The number of carbonyl (C=O) groups is 1. The minimum atomic E-state index is -0.486. The molecule has 0 saturated carbocycles. The number of carbonyl (C=O) groups excluding carboxylic acids is 1. The summed E-state index contributed by atoms with van der Waals surface area (Å²) in [7, 11) is 0. The van der Waals surface area contributed by atoms with Gasteiger partial charge in [0.15, 0.2) is 12.4 Å². The number of amides is 1. The Morgan fingerprint density at radius 1 is 0.971 bits per heavy atom. The molecule has 0 fully saturated rings. The second-order valence-electron chi connectivity index (χ2n) is 8.82. The molecule has 0 unspecified atom stereocenters. The van der Waals surface area contributed by atoms with Gasteiger partial charge in [0.2, 0.25) is 5.89 Å². The van der Waals surface area contributed by atoms with Crippen LogP contribution in [-0.4, -0.2) is 17.5 Å². The molecule has 1 atom stereocenters. The number of nitrogens with two attached hydrogens (primary N) is 1. The SMILES string of the molecule is NC(=O)COc1cccc(C[C@@H]2CCCC=C2c2nc(-c3ccccc3)c(-c3ccccc3)o2)c1. The molecular weight excluding hydrogens is 436 g/mol. The van der Waals surface area contributed by atoms with Gasteiger partial charge in [0.05, 0.1) is 0 Å². The number of allylic oxidation sites excluding steroid dienone is 2. The summed E-state index contributed by atoms with van der Waals surface area (Å²) in [5.41, 5.74) is 10.4. The molecule has 5 heteroatoms. The molecule has 1 amide bonds. The summed E-state index contributed by atoms with van der Waals surface area (Å²) in [6.45, 7) is -0.126. The second-order valence-corrected chi connectivity index (χ2v) is 8.82. The fourth-order valence-corrected chi connectivity index (χ4v) is 4.64. The lowest BCUT2D eigenvalue weighted by atomic mass is 9.83. The minimum Gasteiger partial charge on any atom is -0.484 e. The second kappa shape index (κ2) is 10.4. The van der Waals surface area contributed by atoms with Crippen LogP contribution < -0.4 is 10.5 Å². The highest BCUT2D eigenvalue weighted by Crippen LogP contribution is 2.40. The minimum absolute atomic E-state index is 0.126. The molecule has 2 N–H and O–H groups in total. The fourth-order valence-electron chi connectivity index (χ4n) is 4.64. The van der Waals surface area contributed by atoms with E-state index < -0.39 is 5.91 Å². The van der Waals surface area contributed by atoms with Crippen molar-refractivity contribution in [2.45, 2.75) is 25.7 Å². The summed E-state index contributed by atoms with van der Waals surface area (Å²) < 4.78 is 12.0. The van der Waals surface area contributed by atoms with E-state index in [9.17, 15) is 4.79 Å². The number of hydrogen-bond acceptors (Lipinski definition) is 4. The molecule has 0 radical (unpaired) electrons. The van der Waals surface area contributed by atoms with E-state index in [1.165, 1.54) is 0 Å².